The first-order valence-electron chi connectivity index (χ1n) is 10.2. The maximum Gasteiger partial charge on any atom is 0.320 e. The third-order valence-electron chi connectivity index (χ3n) is 4.90. The van der Waals surface area contributed by atoms with Crippen molar-refractivity contribution in [1.29, 1.82) is 0 Å². The fourth-order valence-electron chi connectivity index (χ4n) is 3.69. The van der Waals surface area contributed by atoms with Crippen LogP contribution in [0.3, 0.4) is 0 Å². The Kier molecular flexibility index (Phi) is 7.19. The third kappa shape index (κ3) is 6.38. The molecule has 1 aromatic carbocycles. The molecule has 0 saturated heterocycles. The highest BCUT2D eigenvalue weighted by atomic mass is 35.5. The largest absolute Gasteiger partial charge is 0.459 e. The number of nitrogens with zero attached hydrogens (tertiary/aromatic N) is 1. The number of rotatable bonds is 7. The number of nitrogens with two attached hydrogens (primary N) is 1. The van der Waals surface area contributed by atoms with Gasteiger partial charge >= 0.3 is 5.97 Å². The summed E-state index contributed by atoms with van der Waals surface area (Å²) in [5.74, 6) is -0.776. The van der Waals surface area contributed by atoms with E-state index in [0.717, 1.165) is 16.0 Å². The molecule has 1 aliphatic rings. The number of hydrogen-bond acceptors (Lipinski definition) is 6. The monoisotopic (exact) mass is 462 g/mol. The van der Waals surface area contributed by atoms with Gasteiger partial charge in [-0.25, -0.2) is 0 Å². The lowest BCUT2D eigenvalue weighted by molar-refractivity contribution is -0.156. The molecule has 2 N–H and O–H groups in total. The molecule has 3 rings (SSSR count). The van der Waals surface area contributed by atoms with E-state index in [9.17, 15) is 14.4 Å². The average molecular weight is 463 g/mol. The minimum atomic E-state index is -0.530. The molecule has 8 heteroatoms. The summed E-state index contributed by atoms with van der Waals surface area (Å²) in [5, 5.41) is 0.620. The number of carbonyl (C=O) groups excluding carboxylic acids is 3. The maximum absolute atomic E-state index is 12.6. The van der Waals surface area contributed by atoms with Crippen LogP contribution in [0.5, 0.6) is 0 Å². The third-order valence-corrected chi connectivity index (χ3v) is 6.37. The number of carbonyl (C=O) groups is 3. The number of hydrogen-bond donors (Lipinski definition) is 1. The molecular formula is C23H27ClN2O4S. The summed E-state index contributed by atoms with van der Waals surface area (Å²) in [6, 6.07) is 7.15. The SMILES string of the molecule is CC(C)(C)OC(=O)CN1CCc2c(sc(CC(=O)Cc3ccc(Cl)cc3)c2C(N)=O)C1. The molecule has 2 heterocycles. The summed E-state index contributed by atoms with van der Waals surface area (Å²) in [7, 11) is 0. The van der Waals surface area contributed by atoms with Crippen molar-refractivity contribution in [2.75, 3.05) is 13.1 Å². The molecule has 0 fully saturated rings. The fourth-order valence-corrected chi connectivity index (χ4v) is 5.24. The first kappa shape index (κ1) is 23.4. The van der Waals surface area contributed by atoms with E-state index in [0.29, 0.717) is 35.0 Å². The lowest BCUT2D eigenvalue weighted by Crippen LogP contribution is -2.37. The number of fused-ring (bicyclic) bond motifs is 1. The number of primary amides is 1. The van der Waals surface area contributed by atoms with Gasteiger partial charge in [0.2, 0.25) is 5.91 Å². The van der Waals surface area contributed by atoms with Crippen LogP contribution in [0.25, 0.3) is 0 Å². The van der Waals surface area contributed by atoms with Gasteiger partial charge in [-0.15, -0.1) is 11.3 Å². The van der Waals surface area contributed by atoms with Crippen LogP contribution >= 0.6 is 22.9 Å². The Balaban J connectivity index is 1.71. The van der Waals surface area contributed by atoms with Crippen LogP contribution in [0.1, 0.15) is 52.0 Å². The molecule has 0 atom stereocenters. The number of Topliss-reactive ketones (excluding diaryl/α,β-unsaturated/α-hetero) is 1. The van der Waals surface area contributed by atoms with Crippen molar-refractivity contribution in [1.82, 2.24) is 4.90 Å². The Morgan fingerprint density at radius 3 is 2.45 bits per heavy atom. The van der Waals surface area contributed by atoms with Gasteiger partial charge in [0.25, 0.3) is 0 Å². The normalized spacial score (nSPS) is 14.2. The van der Waals surface area contributed by atoms with Crippen molar-refractivity contribution >= 4 is 40.6 Å². The number of ether oxygens (including phenoxy) is 1. The van der Waals surface area contributed by atoms with Crippen molar-refractivity contribution in [3.63, 3.8) is 0 Å². The Morgan fingerprint density at radius 1 is 1.16 bits per heavy atom. The van der Waals surface area contributed by atoms with Crippen LogP contribution in [0, 0.1) is 0 Å². The van der Waals surface area contributed by atoms with Gasteiger partial charge in [0, 0.05) is 40.7 Å². The highest BCUT2D eigenvalue weighted by Crippen LogP contribution is 2.34. The van der Waals surface area contributed by atoms with E-state index in [1.807, 2.05) is 37.8 Å². The zero-order valence-corrected chi connectivity index (χ0v) is 19.6. The van der Waals surface area contributed by atoms with Crippen LogP contribution in [0.15, 0.2) is 24.3 Å². The number of thiophene rings is 1. The Bertz CT molecular complexity index is 992. The number of benzene rings is 1. The zero-order chi connectivity index (χ0) is 22.8. The standard InChI is InChI=1S/C23H27ClN2O4S/c1-23(2,3)30-20(28)13-26-9-8-17-19(12-26)31-18(21(17)22(25)29)11-16(27)10-14-4-6-15(24)7-5-14/h4-7H,8-13H2,1-3H3,(H2,25,29). The Hall–Kier alpha value is -2.22. The topological polar surface area (TPSA) is 89.7 Å². The molecule has 2 aromatic rings. The number of amides is 1. The van der Waals surface area contributed by atoms with Crippen LogP contribution in [-0.2, 0) is 40.1 Å². The maximum atomic E-state index is 12.6. The van der Waals surface area contributed by atoms with Crippen LogP contribution < -0.4 is 5.73 Å². The highest BCUT2D eigenvalue weighted by molar-refractivity contribution is 7.12. The summed E-state index contributed by atoms with van der Waals surface area (Å²) in [4.78, 5) is 40.7. The smallest absolute Gasteiger partial charge is 0.320 e. The lowest BCUT2D eigenvalue weighted by atomic mass is 9.98. The Morgan fingerprint density at radius 2 is 1.84 bits per heavy atom. The summed E-state index contributed by atoms with van der Waals surface area (Å²) in [6.07, 6.45) is 1.03. The molecule has 31 heavy (non-hydrogen) atoms. The average Bonchev–Trinajstić information content (AvgIpc) is 2.99. The molecule has 0 saturated carbocycles. The minimum Gasteiger partial charge on any atom is -0.459 e. The van der Waals surface area contributed by atoms with Crippen molar-refractivity contribution in [3.8, 4) is 0 Å². The number of esters is 1. The van der Waals surface area contributed by atoms with Gasteiger partial charge in [0.15, 0.2) is 0 Å². The van der Waals surface area contributed by atoms with Crippen molar-refractivity contribution in [3.05, 3.63) is 55.7 Å². The van der Waals surface area contributed by atoms with Gasteiger partial charge < -0.3 is 10.5 Å². The summed E-state index contributed by atoms with van der Waals surface area (Å²) in [5.41, 5.74) is 7.39. The fraction of sp³-hybridized carbons (Fsp3) is 0.435. The second kappa shape index (κ2) is 9.51. The van der Waals surface area contributed by atoms with Crippen molar-refractivity contribution in [2.24, 2.45) is 5.73 Å². The quantitative estimate of drug-likeness (QED) is 0.635. The molecule has 166 valence electrons. The van der Waals surface area contributed by atoms with E-state index >= 15 is 0 Å². The second-order valence-corrected chi connectivity index (χ2v) is 10.4. The van der Waals surface area contributed by atoms with E-state index in [1.165, 1.54) is 11.3 Å². The molecule has 6 nitrogen and oxygen atoms in total. The first-order valence-corrected chi connectivity index (χ1v) is 11.3. The number of halogens is 1. The minimum absolute atomic E-state index is 0.00836. The van der Waals surface area contributed by atoms with Gasteiger partial charge in [-0.3, -0.25) is 19.3 Å². The predicted molar refractivity (Wildman–Crippen MR) is 122 cm³/mol. The summed E-state index contributed by atoms with van der Waals surface area (Å²) in [6.45, 7) is 6.86. The van der Waals surface area contributed by atoms with Crippen LogP contribution in [0.4, 0.5) is 0 Å². The van der Waals surface area contributed by atoms with Gasteiger partial charge in [-0.2, -0.15) is 0 Å². The molecule has 1 aliphatic heterocycles. The molecule has 0 radical (unpaired) electrons. The van der Waals surface area contributed by atoms with Gasteiger partial charge in [0.05, 0.1) is 12.1 Å². The summed E-state index contributed by atoms with van der Waals surface area (Å²) >= 11 is 7.34. The van der Waals surface area contributed by atoms with Gasteiger partial charge in [-0.1, -0.05) is 23.7 Å². The molecule has 0 unspecified atom stereocenters. The van der Waals surface area contributed by atoms with E-state index in [1.54, 1.807) is 12.1 Å². The van der Waals surface area contributed by atoms with E-state index in [-0.39, 0.29) is 31.1 Å². The Labute approximate surface area is 191 Å². The highest BCUT2D eigenvalue weighted by Gasteiger charge is 2.29. The van der Waals surface area contributed by atoms with E-state index in [2.05, 4.69) is 0 Å². The molecule has 0 spiro atoms. The molecule has 1 aromatic heterocycles. The predicted octanol–water partition coefficient (Wildman–Crippen LogP) is 3.55. The van der Waals surface area contributed by atoms with Crippen LogP contribution in [-0.4, -0.2) is 41.3 Å². The van der Waals surface area contributed by atoms with E-state index in [4.69, 9.17) is 22.1 Å². The second-order valence-electron chi connectivity index (χ2n) is 8.73. The lowest BCUT2D eigenvalue weighted by Gasteiger charge is -2.28. The molecule has 0 aliphatic carbocycles. The van der Waals surface area contributed by atoms with E-state index < -0.39 is 11.5 Å². The van der Waals surface area contributed by atoms with Crippen molar-refractivity contribution < 1.29 is 19.1 Å². The first-order chi connectivity index (χ1) is 14.5. The molecular weight excluding hydrogens is 436 g/mol. The number of ketones is 1. The molecule has 0 bridgehead atoms. The van der Waals surface area contributed by atoms with Gasteiger partial charge in [0.1, 0.15) is 11.4 Å². The molecule has 1 amide bonds. The zero-order valence-electron chi connectivity index (χ0n) is 18.0. The van der Waals surface area contributed by atoms with Crippen molar-refractivity contribution in [2.45, 2.75) is 52.2 Å². The summed E-state index contributed by atoms with van der Waals surface area (Å²) < 4.78 is 5.41. The van der Waals surface area contributed by atoms with Gasteiger partial charge in [-0.05, 0) is 50.5 Å². The van der Waals surface area contributed by atoms with Crippen LogP contribution in [0.2, 0.25) is 5.02 Å².